The Morgan fingerprint density at radius 1 is 1.30 bits per heavy atom. The number of carbonyl (C=O) groups excluding carboxylic acids is 1. The van der Waals surface area contributed by atoms with Gasteiger partial charge in [0.05, 0.1) is 13.0 Å². The van der Waals surface area contributed by atoms with Crippen LogP contribution in [0, 0.1) is 5.92 Å². The molecule has 1 unspecified atom stereocenters. The Bertz CT molecular complexity index is 532. The van der Waals surface area contributed by atoms with Gasteiger partial charge in [-0.05, 0) is 37.1 Å². The van der Waals surface area contributed by atoms with Crippen LogP contribution < -0.4 is 4.74 Å². The van der Waals surface area contributed by atoms with E-state index in [1.807, 2.05) is 23.9 Å². The second kappa shape index (κ2) is 8.06. The number of thioether (sulfide) groups is 1. The van der Waals surface area contributed by atoms with Gasteiger partial charge in [0.1, 0.15) is 5.75 Å². The third-order valence-electron chi connectivity index (χ3n) is 4.72. The van der Waals surface area contributed by atoms with Gasteiger partial charge < -0.3 is 9.64 Å². The lowest BCUT2D eigenvalue weighted by atomic mass is 9.96. The van der Waals surface area contributed by atoms with E-state index in [1.165, 1.54) is 5.56 Å². The molecule has 0 saturated carbocycles. The Balaban J connectivity index is 1.58. The first-order valence-electron chi connectivity index (χ1n) is 8.48. The Labute approximate surface area is 143 Å². The highest BCUT2D eigenvalue weighted by atomic mass is 32.2. The van der Waals surface area contributed by atoms with Crippen LogP contribution in [0.3, 0.4) is 0 Å². The summed E-state index contributed by atoms with van der Waals surface area (Å²) in [7, 11) is 1.70. The van der Waals surface area contributed by atoms with Crippen LogP contribution in [-0.2, 0) is 11.3 Å². The number of methoxy groups -OCH3 is 1. The molecule has 1 aromatic carbocycles. The van der Waals surface area contributed by atoms with Crippen LogP contribution in [0.25, 0.3) is 0 Å². The fourth-order valence-electron chi connectivity index (χ4n) is 3.47. The summed E-state index contributed by atoms with van der Waals surface area (Å²) < 4.78 is 5.30. The average molecular weight is 334 g/mol. The SMILES string of the molecule is COc1cccc(CN2CCCC(C(=O)N3CCSCC3)C2)c1. The first-order valence-corrected chi connectivity index (χ1v) is 9.63. The van der Waals surface area contributed by atoms with Gasteiger partial charge in [-0.1, -0.05) is 12.1 Å². The highest BCUT2D eigenvalue weighted by Crippen LogP contribution is 2.23. The fourth-order valence-corrected chi connectivity index (χ4v) is 4.37. The van der Waals surface area contributed by atoms with Crippen LogP contribution in [0.1, 0.15) is 18.4 Å². The van der Waals surface area contributed by atoms with Crippen molar-refractivity contribution in [1.29, 1.82) is 0 Å². The number of benzene rings is 1. The van der Waals surface area contributed by atoms with E-state index in [0.717, 1.165) is 62.8 Å². The van der Waals surface area contributed by atoms with Gasteiger partial charge >= 0.3 is 0 Å². The molecule has 2 aliphatic rings. The molecule has 0 aromatic heterocycles. The van der Waals surface area contributed by atoms with E-state index in [1.54, 1.807) is 7.11 Å². The third kappa shape index (κ3) is 4.42. The fraction of sp³-hybridized carbons (Fsp3) is 0.611. The topological polar surface area (TPSA) is 32.8 Å². The van der Waals surface area contributed by atoms with E-state index in [2.05, 4.69) is 21.9 Å². The monoisotopic (exact) mass is 334 g/mol. The summed E-state index contributed by atoms with van der Waals surface area (Å²) in [4.78, 5) is 17.2. The minimum absolute atomic E-state index is 0.178. The number of rotatable bonds is 4. The lowest BCUT2D eigenvalue weighted by molar-refractivity contribution is -0.137. The van der Waals surface area contributed by atoms with Crippen LogP contribution >= 0.6 is 11.8 Å². The molecule has 126 valence electrons. The van der Waals surface area contributed by atoms with Gasteiger partial charge in [-0.2, -0.15) is 11.8 Å². The number of hydrogen-bond acceptors (Lipinski definition) is 4. The van der Waals surface area contributed by atoms with Gasteiger partial charge in [0, 0.05) is 37.7 Å². The minimum atomic E-state index is 0.178. The summed E-state index contributed by atoms with van der Waals surface area (Å²) in [5, 5.41) is 0. The van der Waals surface area contributed by atoms with Gasteiger partial charge in [-0.15, -0.1) is 0 Å². The second-order valence-corrected chi connectivity index (χ2v) is 7.59. The average Bonchev–Trinajstić information content (AvgIpc) is 2.62. The molecule has 2 saturated heterocycles. The van der Waals surface area contributed by atoms with E-state index in [-0.39, 0.29) is 5.92 Å². The number of hydrogen-bond donors (Lipinski definition) is 0. The zero-order chi connectivity index (χ0) is 16.1. The van der Waals surface area contributed by atoms with Gasteiger partial charge in [0.15, 0.2) is 0 Å². The Hall–Kier alpha value is -1.20. The molecule has 4 nitrogen and oxygen atoms in total. The molecule has 0 bridgehead atoms. The number of carbonyl (C=O) groups is 1. The smallest absolute Gasteiger partial charge is 0.227 e. The predicted octanol–water partition coefficient (Wildman–Crippen LogP) is 2.48. The van der Waals surface area contributed by atoms with Crippen LogP contribution in [0.2, 0.25) is 0 Å². The number of likely N-dealkylation sites (tertiary alicyclic amines) is 1. The maximum Gasteiger partial charge on any atom is 0.227 e. The van der Waals surface area contributed by atoms with Crippen molar-refractivity contribution in [2.24, 2.45) is 5.92 Å². The summed E-state index contributed by atoms with van der Waals surface area (Å²) in [5.74, 6) is 3.63. The summed E-state index contributed by atoms with van der Waals surface area (Å²) in [6.07, 6.45) is 2.15. The van der Waals surface area contributed by atoms with Gasteiger partial charge in [0.25, 0.3) is 0 Å². The van der Waals surface area contributed by atoms with Crippen molar-refractivity contribution in [3.05, 3.63) is 29.8 Å². The number of piperidine rings is 1. The number of amides is 1. The summed E-state index contributed by atoms with van der Waals surface area (Å²) in [6, 6.07) is 8.23. The largest absolute Gasteiger partial charge is 0.497 e. The van der Waals surface area contributed by atoms with Crippen LogP contribution in [0.5, 0.6) is 5.75 Å². The molecule has 2 fully saturated rings. The molecule has 1 amide bonds. The van der Waals surface area contributed by atoms with E-state index in [0.29, 0.717) is 5.91 Å². The van der Waals surface area contributed by atoms with E-state index in [4.69, 9.17) is 4.74 Å². The predicted molar refractivity (Wildman–Crippen MR) is 94.9 cm³/mol. The van der Waals surface area contributed by atoms with Gasteiger partial charge in [-0.25, -0.2) is 0 Å². The zero-order valence-corrected chi connectivity index (χ0v) is 14.7. The van der Waals surface area contributed by atoms with Crippen molar-refractivity contribution in [1.82, 2.24) is 9.80 Å². The quantitative estimate of drug-likeness (QED) is 0.847. The molecule has 0 N–H and O–H groups in total. The molecule has 2 heterocycles. The molecule has 0 radical (unpaired) electrons. The van der Waals surface area contributed by atoms with E-state index in [9.17, 15) is 4.79 Å². The van der Waals surface area contributed by atoms with E-state index < -0.39 is 0 Å². The second-order valence-electron chi connectivity index (χ2n) is 6.36. The minimum Gasteiger partial charge on any atom is -0.497 e. The summed E-state index contributed by atoms with van der Waals surface area (Å²) in [5.41, 5.74) is 1.26. The van der Waals surface area contributed by atoms with Gasteiger partial charge in [-0.3, -0.25) is 9.69 Å². The van der Waals surface area contributed by atoms with Crippen LogP contribution in [0.15, 0.2) is 24.3 Å². The molecule has 0 aliphatic carbocycles. The third-order valence-corrected chi connectivity index (χ3v) is 5.66. The Morgan fingerprint density at radius 3 is 2.91 bits per heavy atom. The molecule has 3 rings (SSSR count). The van der Waals surface area contributed by atoms with Gasteiger partial charge in [0.2, 0.25) is 5.91 Å². The summed E-state index contributed by atoms with van der Waals surface area (Å²) in [6.45, 7) is 4.72. The normalized spacial score (nSPS) is 22.8. The van der Waals surface area contributed by atoms with Crippen molar-refractivity contribution >= 4 is 17.7 Å². The zero-order valence-electron chi connectivity index (χ0n) is 13.9. The lowest BCUT2D eigenvalue weighted by Crippen LogP contribution is -2.47. The molecule has 23 heavy (non-hydrogen) atoms. The van der Waals surface area contributed by atoms with Crippen molar-refractivity contribution in [2.75, 3.05) is 44.8 Å². The van der Waals surface area contributed by atoms with Crippen molar-refractivity contribution in [2.45, 2.75) is 19.4 Å². The Kier molecular flexibility index (Phi) is 5.84. The number of ether oxygens (including phenoxy) is 1. The molecule has 0 spiro atoms. The Morgan fingerprint density at radius 2 is 2.13 bits per heavy atom. The van der Waals surface area contributed by atoms with Crippen molar-refractivity contribution in [3.8, 4) is 5.75 Å². The molecule has 2 aliphatic heterocycles. The summed E-state index contributed by atoms with van der Waals surface area (Å²) >= 11 is 1.95. The van der Waals surface area contributed by atoms with Crippen molar-refractivity contribution in [3.63, 3.8) is 0 Å². The molecular formula is C18H26N2O2S. The van der Waals surface area contributed by atoms with Crippen molar-refractivity contribution < 1.29 is 9.53 Å². The molecule has 5 heteroatoms. The maximum absolute atomic E-state index is 12.7. The molecule has 1 aromatic rings. The highest BCUT2D eigenvalue weighted by Gasteiger charge is 2.29. The maximum atomic E-state index is 12.7. The van der Waals surface area contributed by atoms with Crippen LogP contribution in [-0.4, -0.2) is 60.5 Å². The highest BCUT2D eigenvalue weighted by molar-refractivity contribution is 7.99. The molecule has 1 atom stereocenters. The lowest BCUT2D eigenvalue weighted by Gasteiger charge is -2.36. The molecular weight excluding hydrogens is 308 g/mol. The first-order chi connectivity index (χ1) is 11.3. The first kappa shape index (κ1) is 16.7. The van der Waals surface area contributed by atoms with Crippen LogP contribution in [0.4, 0.5) is 0 Å². The number of nitrogens with zero attached hydrogens (tertiary/aromatic N) is 2. The van der Waals surface area contributed by atoms with E-state index >= 15 is 0 Å². The standard InChI is InChI=1S/C18H26N2O2S/c1-22-17-6-2-4-15(12-17)13-19-7-3-5-16(14-19)18(21)20-8-10-23-11-9-20/h2,4,6,12,16H,3,5,7-11,13-14H2,1H3.